The molecule has 3 atom stereocenters. The molecule has 30 heavy (non-hydrogen) atoms. The maximum absolute atomic E-state index is 12.5. The van der Waals surface area contributed by atoms with Gasteiger partial charge in [-0.05, 0) is 32.1 Å². The molecule has 0 aliphatic heterocycles. The quantitative estimate of drug-likeness (QED) is 0.191. The Morgan fingerprint density at radius 2 is 1.83 bits per heavy atom. The van der Waals surface area contributed by atoms with Crippen LogP contribution in [-0.2, 0) is 14.3 Å². The summed E-state index contributed by atoms with van der Waals surface area (Å²) in [5, 5.41) is 29.5. The van der Waals surface area contributed by atoms with Crippen LogP contribution in [0.3, 0.4) is 0 Å². The summed E-state index contributed by atoms with van der Waals surface area (Å²) in [4.78, 5) is 23.1. The van der Waals surface area contributed by atoms with Crippen LogP contribution in [0.5, 0.6) is 0 Å². The maximum atomic E-state index is 12.5. The third kappa shape index (κ3) is 9.90. The van der Waals surface area contributed by atoms with Gasteiger partial charge in [-0.1, -0.05) is 63.7 Å². The largest absolute Gasteiger partial charge is 0.481 e. The maximum Gasteiger partial charge on any atom is 0.334 e. The SMILES string of the molecule is CCCCC[C@H](O)/C=C/[C@@H]1C(CCCCCCC(=O)O)=C(C(=O)OCCC)C[C@H]1O. The Balaban J connectivity index is 2.77. The molecule has 0 unspecified atom stereocenters. The van der Waals surface area contributed by atoms with E-state index >= 15 is 0 Å². The Hall–Kier alpha value is -1.66. The van der Waals surface area contributed by atoms with Crippen molar-refractivity contribution < 1.29 is 29.6 Å². The first-order valence-corrected chi connectivity index (χ1v) is 11.6. The molecule has 0 bridgehead atoms. The lowest BCUT2D eigenvalue weighted by Gasteiger charge is -2.16. The number of rotatable bonds is 16. The highest BCUT2D eigenvalue weighted by molar-refractivity contribution is 5.90. The van der Waals surface area contributed by atoms with Crippen LogP contribution >= 0.6 is 0 Å². The van der Waals surface area contributed by atoms with Crippen LogP contribution in [0, 0.1) is 5.92 Å². The lowest BCUT2D eigenvalue weighted by atomic mass is 9.92. The van der Waals surface area contributed by atoms with Gasteiger partial charge in [0.2, 0.25) is 0 Å². The molecule has 6 nitrogen and oxygen atoms in total. The van der Waals surface area contributed by atoms with E-state index in [1.165, 1.54) is 0 Å². The molecule has 0 radical (unpaired) electrons. The van der Waals surface area contributed by atoms with Gasteiger partial charge in [0.15, 0.2) is 0 Å². The second kappa shape index (κ2) is 15.2. The van der Waals surface area contributed by atoms with Crippen molar-refractivity contribution in [1.29, 1.82) is 0 Å². The normalized spacial score (nSPS) is 20.1. The van der Waals surface area contributed by atoms with Gasteiger partial charge in [-0.15, -0.1) is 0 Å². The van der Waals surface area contributed by atoms with Crippen molar-refractivity contribution in [2.24, 2.45) is 5.92 Å². The molecule has 1 aliphatic carbocycles. The predicted molar refractivity (Wildman–Crippen MR) is 117 cm³/mol. The highest BCUT2D eigenvalue weighted by Gasteiger charge is 2.35. The van der Waals surface area contributed by atoms with Gasteiger partial charge < -0.3 is 20.1 Å². The fourth-order valence-corrected chi connectivity index (χ4v) is 3.85. The number of ether oxygens (including phenoxy) is 1. The van der Waals surface area contributed by atoms with Crippen molar-refractivity contribution in [3.63, 3.8) is 0 Å². The lowest BCUT2D eigenvalue weighted by Crippen LogP contribution is -2.15. The predicted octanol–water partition coefficient (Wildman–Crippen LogP) is 4.54. The molecule has 0 aromatic heterocycles. The Bertz CT molecular complexity index is 580. The van der Waals surface area contributed by atoms with Gasteiger partial charge in [0, 0.05) is 24.3 Å². The molecule has 0 saturated heterocycles. The number of unbranched alkanes of at least 4 members (excludes halogenated alkanes) is 5. The monoisotopic (exact) mass is 424 g/mol. The first-order valence-electron chi connectivity index (χ1n) is 11.6. The lowest BCUT2D eigenvalue weighted by molar-refractivity contribution is -0.139. The first-order chi connectivity index (χ1) is 14.4. The Morgan fingerprint density at radius 1 is 1.10 bits per heavy atom. The molecular weight excluding hydrogens is 384 g/mol. The summed E-state index contributed by atoms with van der Waals surface area (Å²) in [6, 6.07) is 0. The number of carbonyl (C=O) groups excluding carboxylic acids is 1. The molecule has 1 aliphatic rings. The minimum absolute atomic E-state index is 0.178. The van der Waals surface area contributed by atoms with Gasteiger partial charge in [0.1, 0.15) is 0 Å². The Kier molecular flexibility index (Phi) is 13.4. The van der Waals surface area contributed by atoms with Crippen LogP contribution in [0.4, 0.5) is 0 Å². The smallest absolute Gasteiger partial charge is 0.334 e. The van der Waals surface area contributed by atoms with Gasteiger partial charge in [-0.3, -0.25) is 4.79 Å². The summed E-state index contributed by atoms with van der Waals surface area (Å²) in [7, 11) is 0. The van der Waals surface area contributed by atoms with E-state index in [-0.39, 0.29) is 24.7 Å². The van der Waals surface area contributed by atoms with Crippen molar-refractivity contribution >= 4 is 11.9 Å². The number of aliphatic carboxylic acids is 1. The molecule has 6 heteroatoms. The summed E-state index contributed by atoms with van der Waals surface area (Å²) in [6.45, 7) is 4.42. The molecular formula is C24H40O6. The molecule has 0 heterocycles. The fraction of sp³-hybridized carbons (Fsp3) is 0.750. The second-order valence-electron chi connectivity index (χ2n) is 8.19. The first kappa shape index (κ1) is 26.4. The highest BCUT2D eigenvalue weighted by atomic mass is 16.5. The molecule has 0 aromatic carbocycles. The van der Waals surface area contributed by atoms with E-state index in [1.807, 2.05) is 13.0 Å². The van der Waals surface area contributed by atoms with E-state index in [0.717, 1.165) is 50.5 Å². The van der Waals surface area contributed by atoms with Crippen LogP contribution in [0.1, 0.15) is 90.9 Å². The van der Waals surface area contributed by atoms with E-state index in [9.17, 15) is 19.8 Å². The van der Waals surface area contributed by atoms with Gasteiger partial charge in [-0.25, -0.2) is 4.79 Å². The van der Waals surface area contributed by atoms with Crippen LogP contribution in [0.15, 0.2) is 23.3 Å². The highest BCUT2D eigenvalue weighted by Crippen LogP contribution is 2.37. The number of carboxylic acid groups (broad SMARTS) is 1. The molecule has 0 fully saturated rings. The van der Waals surface area contributed by atoms with Crippen LogP contribution in [0.2, 0.25) is 0 Å². The molecule has 172 valence electrons. The van der Waals surface area contributed by atoms with Crippen molar-refractivity contribution in [2.75, 3.05) is 6.61 Å². The number of hydrogen-bond donors (Lipinski definition) is 3. The van der Waals surface area contributed by atoms with Crippen molar-refractivity contribution in [1.82, 2.24) is 0 Å². The van der Waals surface area contributed by atoms with Crippen LogP contribution in [-0.4, -0.2) is 46.1 Å². The third-order valence-electron chi connectivity index (χ3n) is 5.53. The van der Waals surface area contributed by atoms with Crippen molar-refractivity contribution in [3.05, 3.63) is 23.3 Å². The van der Waals surface area contributed by atoms with E-state index < -0.39 is 18.2 Å². The van der Waals surface area contributed by atoms with E-state index in [4.69, 9.17) is 9.84 Å². The summed E-state index contributed by atoms with van der Waals surface area (Å²) in [5.41, 5.74) is 1.47. The number of aliphatic hydroxyl groups is 2. The fourth-order valence-electron chi connectivity index (χ4n) is 3.85. The number of hydrogen-bond acceptors (Lipinski definition) is 5. The van der Waals surface area contributed by atoms with Gasteiger partial charge >= 0.3 is 11.9 Å². The van der Waals surface area contributed by atoms with Crippen LogP contribution < -0.4 is 0 Å². The molecule has 1 rings (SSSR count). The number of esters is 1. The second-order valence-corrected chi connectivity index (χ2v) is 8.19. The molecule has 0 aromatic rings. The standard InChI is InChI=1S/C24H40O6/c1-3-5-8-11-18(25)14-15-20-19(12-9-6-7-10-13-23(27)28)21(17-22(20)26)24(29)30-16-4-2/h14-15,18,20,22,25-26H,3-13,16-17H2,1-2H3,(H,27,28)/b15-14+/t18-,20+,22+/m0/s1. The summed E-state index contributed by atoms with van der Waals surface area (Å²) < 4.78 is 5.32. The molecule has 3 N–H and O–H groups in total. The third-order valence-corrected chi connectivity index (χ3v) is 5.53. The van der Waals surface area contributed by atoms with Gasteiger partial charge in [-0.2, -0.15) is 0 Å². The minimum atomic E-state index is -0.778. The summed E-state index contributed by atoms with van der Waals surface area (Å²) in [6.07, 6.45) is 11.2. The van der Waals surface area contributed by atoms with Gasteiger partial charge in [0.25, 0.3) is 0 Å². The molecule has 0 spiro atoms. The number of carbonyl (C=O) groups is 2. The summed E-state index contributed by atoms with van der Waals surface area (Å²) >= 11 is 0. The van der Waals surface area contributed by atoms with Crippen LogP contribution in [0.25, 0.3) is 0 Å². The van der Waals surface area contributed by atoms with Crippen molar-refractivity contribution in [2.45, 2.75) is 103 Å². The van der Waals surface area contributed by atoms with Crippen molar-refractivity contribution in [3.8, 4) is 0 Å². The Morgan fingerprint density at radius 3 is 2.50 bits per heavy atom. The number of carboxylic acids is 1. The zero-order valence-corrected chi connectivity index (χ0v) is 18.6. The molecule has 0 saturated carbocycles. The topological polar surface area (TPSA) is 104 Å². The van der Waals surface area contributed by atoms with Gasteiger partial charge in [0.05, 0.1) is 18.8 Å². The average molecular weight is 425 g/mol. The summed E-state index contributed by atoms with van der Waals surface area (Å²) in [5.74, 6) is -1.41. The van der Waals surface area contributed by atoms with E-state index in [0.29, 0.717) is 31.4 Å². The molecule has 0 amide bonds. The van der Waals surface area contributed by atoms with E-state index in [1.54, 1.807) is 6.08 Å². The zero-order chi connectivity index (χ0) is 22.4. The Labute approximate surface area is 181 Å². The zero-order valence-electron chi connectivity index (χ0n) is 18.6. The number of aliphatic hydroxyl groups excluding tert-OH is 2. The average Bonchev–Trinajstić information content (AvgIpc) is 3.02. The van der Waals surface area contributed by atoms with E-state index in [2.05, 4.69) is 6.92 Å². The minimum Gasteiger partial charge on any atom is -0.481 e.